The van der Waals surface area contributed by atoms with E-state index in [1.165, 1.54) is 25.4 Å². The Morgan fingerprint density at radius 1 is 1.50 bits per heavy atom. The van der Waals surface area contributed by atoms with E-state index in [9.17, 15) is 9.59 Å². The van der Waals surface area contributed by atoms with Crippen molar-refractivity contribution in [2.45, 2.75) is 6.92 Å². The first kappa shape index (κ1) is 12.5. The SMILES string of the molecule is COC(=O)c1ccnc(NC(=O)C2(C)COC2)c1. The molecule has 0 unspecified atom stereocenters. The van der Waals surface area contributed by atoms with Gasteiger partial charge in [0.1, 0.15) is 5.82 Å². The second-order valence-corrected chi connectivity index (χ2v) is 4.43. The number of nitrogens with zero attached hydrogens (tertiary/aromatic N) is 1. The molecular formula is C12H14N2O4. The van der Waals surface area contributed by atoms with Crippen molar-refractivity contribution in [3.8, 4) is 0 Å². The number of esters is 1. The predicted molar refractivity (Wildman–Crippen MR) is 63.1 cm³/mol. The number of rotatable bonds is 3. The third-order valence-electron chi connectivity index (χ3n) is 2.81. The number of ether oxygens (including phenoxy) is 2. The Kier molecular flexibility index (Phi) is 3.29. The van der Waals surface area contributed by atoms with Crippen molar-refractivity contribution in [2.75, 3.05) is 25.6 Å². The Balaban J connectivity index is 2.10. The number of aromatic nitrogens is 1. The van der Waals surface area contributed by atoms with E-state index in [4.69, 9.17) is 4.74 Å². The summed E-state index contributed by atoms with van der Waals surface area (Å²) in [6.07, 6.45) is 1.45. The summed E-state index contributed by atoms with van der Waals surface area (Å²) in [6, 6.07) is 3.00. The number of nitrogens with one attached hydrogen (secondary N) is 1. The molecule has 2 heterocycles. The molecule has 0 aliphatic carbocycles. The summed E-state index contributed by atoms with van der Waals surface area (Å²) in [5, 5.41) is 2.67. The molecule has 1 aromatic rings. The van der Waals surface area contributed by atoms with Crippen LogP contribution in [-0.4, -0.2) is 37.2 Å². The number of hydrogen-bond donors (Lipinski definition) is 1. The molecule has 1 aliphatic heterocycles. The highest BCUT2D eigenvalue weighted by atomic mass is 16.5. The van der Waals surface area contributed by atoms with Gasteiger partial charge in [0.05, 0.1) is 31.3 Å². The van der Waals surface area contributed by atoms with Crippen molar-refractivity contribution in [1.29, 1.82) is 0 Å². The molecule has 96 valence electrons. The Labute approximate surface area is 104 Å². The molecule has 2 rings (SSSR count). The van der Waals surface area contributed by atoms with Crippen LogP contribution in [0.15, 0.2) is 18.3 Å². The smallest absolute Gasteiger partial charge is 0.338 e. The number of pyridine rings is 1. The number of methoxy groups -OCH3 is 1. The second-order valence-electron chi connectivity index (χ2n) is 4.43. The molecular weight excluding hydrogens is 236 g/mol. The van der Waals surface area contributed by atoms with Crippen LogP contribution in [0.3, 0.4) is 0 Å². The van der Waals surface area contributed by atoms with Crippen molar-refractivity contribution < 1.29 is 19.1 Å². The molecule has 1 saturated heterocycles. The highest BCUT2D eigenvalue weighted by molar-refractivity contribution is 5.96. The maximum atomic E-state index is 11.9. The van der Waals surface area contributed by atoms with Crippen LogP contribution in [0.25, 0.3) is 0 Å². The van der Waals surface area contributed by atoms with E-state index in [0.717, 1.165) is 0 Å². The van der Waals surface area contributed by atoms with Gasteiger partial charge in [-0.05, 0) is 19.1 Å². The van der Waals surface area contributed by atoms with Gasteiger partial charge in [0.25, 0.3) is 0 Å². The number of amides is 1. The van der Waals surface area contributed by atoms with Crippen molar-refractivity contribution >= 4 is 17.7 Å². The largest absolute Gasteiger partial charge is 0.465 e. The van der Waals surface area contributed by atoms with Crippen molar-refractivity contribution in [1.82, 2.24) is 4.98 Å². The molecule has 0 aromatic carbocycles. The van der Waals surface area contributed by atoms with E-state index in [-0.39, 0.29) is 5.91 Å². The van der Waals surface area contributed by atoms with Gasteiger partial charge in [-0.25, -0.2) is 9.78 Å². The van der Waals surface area contributed by atoms with Crippen molar-refractivity contribution in [2.24, 2.45) is 5.41 Å². The molecule has 6 heteroatoms. The third-order valence-corrected chi connectivity index (χ3v) is 2.81. The lowest BCUT2D eigenvalue weighted by Gasteiger charge is -2.36. The van der Waals surface area contributed by atoms with E-state index < -0.39 is 11.4 Å². The molecule has 1 aromatic heterocycles. The van der Waals surface area contributed by atoms with E-state index in [2.05, 4.69) is 15.0 Å². The lowest BCUT2D eigenvalue weighted by atomic mass is 9.87. The lowest BCUT2D eigenvalue weighted by molar-refractivity contribution is -0.151. The number of carbonyl (C=O) groups is 2. The number of anilines is 1. The first-order valence-electron chi connectivity index (χ1n) is 5.49. The highest BCUT2D eigenvalue weighted by Gasteiger charge is 2.41. The molecule has 18 heavy (non-hydrogen) atoms. The monoisotopic (exact) mass is 250 g/mol. The third kappa shape index (κ3) is 2.33. The quantitative estimate of drug-likeness (QED) is 0.804. The summed E-state index contributed by atoms with van der Waals surface area (Å²) in [4.78, 5) is 27.2. The van der Waals surface area contributed by atoms with Crippen LogP contribution in [0.4, 0.5) is 5.82 Å². The van der Waals surface area contributed by atoms with Gasteiger partial charge in [0.15, 0.2) is 0 Å². The fourth-order valence-electron chi connectivity index (χ4n) is 1.55. The molecule has 0 saturated carbocycles. The second kappa shape index (κ2) is 4.73. The highest BCUT2D eigenvalue weighted by Crippen LogP contribution is 2.27. The number of carbonyl (C=O) groups excluding carboxylic acids is 2. The molecule has 1 aliphatic rings. The topological polar surface area (TPSA) is 77.5 Å². The van der Waals surface area contributed by atoms with Gasteiger partial charge in [0, 0.05) is 6.20 Å². The molecule has 1 N–H and O–H groups in total. The van der Waals surface area contributed by atoms with E-state index in [0.29, 0.717) is 24.6 Å². The van der Waals surface area contributed by atoms with Crippen LogP contribution >= 0.6 is 0 Å². The van der Waals surface area contributed by atoms with Gasteiger partial charge in [-0.2, -0.15) is 0 Å². The zero-order valence-electron chi connectivity index (χ0n) is 10.2. The molecule has 0 atom stereocenters. The maximum absolute atomic E-state index is 11.9. The van der Waals surface area contributed by atoms with E-state index in [1.54, 1.807) is 0 Å². The van der Waals surface area contributed by atoms with Crippen LogP contribution in [0.5, 0.6) is 0 Å². The molecule has 0 bridgehead atoms. The Hall–Kier alpha value is -1.95. The van der Waals surface area contributed by atoms with Gasteiger partial charge in [0.2, 0.25) is 5.91 Å². The summed E-state index contributed by atoms with van der Waals surface area (Å²) in [6.45, 7) is 2.61. The maximum Gasteiger partial charge on any atom is 0.338 e. The zero-order chi connectivity index (χ0) is 13.2. The minimum atomic E-state index is -0.511. The van der Waals surface area contributed by atoms with Crippen LogP contribution in [0.1, 0.15) is 17.3 Å². The summed E-state index contributed by atoms with van der Waals surface area (Å²) in [5.74, 6) is -0.301. The van der Waals surface area contributed by atoms with Crippen LogP contribution in [0.2, 0.25) is 0 Å². The molecule has 1 amide bonds. The zero-order valence-corrected chi connectivity index (χ0v) is 10.2. The number of hydrogen-bond acceptors (Lipinski definition) is 5. The standard InChI is InChI=1S/C12H14N2O4/c1-12(6-18-7-12)11(16)14-9-5-8(3-4-13-9)10(15)17-2/h3-5H,6-7H2,1-2H3,(H,13,14,16). The fraction of sp³-hybridized carbons (Fsp3) is 0.417. The average molecular weight is 250 g/mol. The average Bonchev–Trinajstić information content (AvgIpc) is 2.35. The van der Waals surface area contributed by atoms with Crippen molar-refractivity contribution in [3.63, 3.8) is 0 Å². The lowest BCUT2D eigenvalue weighted by Crippen LogP contribution is -2.49. The first-order valence-corrected chi connectivity index (χ1v) is 5.49. The van der Waals surface area contributed by atoms with Gasteiger partial charge in [-0.15, -0.1) is 0 Å². The minimum Gasteiger partial charge on any atom is -0.465 e. The normalized spacial score (nSPS) is 16.6. The van der Waals surface area contributed by atoms with Gasteiger partial charge in [-0.3, -0.25) is 4.79 Å². The van der Waals surface area contributed by atoms with Crippen molar-refractivity contribution in [3.05, 3.63) is 23.9 Å². The molecule has 6 nitrogen and oxygen atoms in total. The van der Waals surface area contributed by atoms with Crippen LogP contribution < -0.4 is 5.32 Å². The fourth-order valence-corrected chi connectivity index (χ4v) is 1.55. The van der Waals surface area contributed by atoms with Gasteiger partial charge >= 0.3 is 5.97 Å². The summed E-state index contributed by atoms with van der Waals surface area (Å²) >= 11 is 0. The minimum absolute atomic E-state index is 0.164. The first-order chi connectivity index (χ1) is 8.55. The summed E-state index contributed by atoms with van der Waals surface area (Å²) < 4.78 is 9.62. The summed E-state index contributed by atoms with van der Waals surface area (Å²) in [7, 11) is 1.30. The Morgan fingerprint density at radius 3 is 2.78 bits per heavy atom. The summed E-state index contributed by atoms with van der Waals surface area (Å²) in [5.41, 5.74) is -0.166. The Bertz CT molecular complexity index is 483. The van der Waals surface area contributed by atoms with Crippen LogP contribution in [-0.2, 0) is 14.3 Å². The van der Waals surface area contributed by atoms with Gasteiger partial charge < -0.3 is 14.8 Å². The Morgan fingerprint density at radius 2 is 2.22 bits per heavy atom. The van der Waals surface area contributed by atoms with E-state index in [1.807, 2.05) is 6.92 Å². The van der Waals surface area contributed by atoms with E-state index >= 15 is 0 Å². The van der Waals surface area contributed by atoms with Gasteiger partial charge in [-0.1, -0.05) is 0 Å². The molecule has 0 spiro atoms. The molecule has 1 fully saturated rings. The van der Waals surface area contributed by atoms with Crippen LogP contribution in [0, 0.1) is 5.41 Å². The molecule has 0 radical (unpaired) electrons. The predicted octanol–water partition coefficient (Wildman–Crippen LogP) is 0.843.